The SMILES string of the molecule is CCC(NC(=O)CN(c1ccccc1C)S(C)(=O)=O)c1ccc(C)cc1C. The molecule has 1 unspecified atom stereocenters. The van der Waals surface area contributed by atoms with Crippen LogP contribution in [0.2, 0.25) is 0 Å². The average molecular weight is 389 g/mol. The average Bonchev–Trinajstić information content (AvgIpc) is 2.58. The van der Waals surface area contributed by atoms with Crippen LogP contribution in [0.25, 0.3) is 0 Å². The van der Waals surface area contributed by atoms with Crippen molar-refractivity contribution in [2.24, 2.45) is 0 Å². The van der Waals surface area contributed by atoms with Crippen LogP contribution in [0.3, 0.4) is 0 Å². The maximum Gasteiger partial charge on any atom is 0.241 e. The van der Waals surface area contributed by atoms with Crippen molar-refractivity contribution >= 4 is 21.6 Å². The summed E-state index contributed by atoms with van der Waals surface area (Å²) in [6.45, 7) is 7.64. The van der Waals surface area contributed by atoms with Gasteiger partial charge in [-0.1, -0.05) is 48.9 Å². The Morgan fingerprint density at radius 2 is 1.74 bits per heavy atom. The molecular weight excluding hydrogens is 360 g/mol. The van der Waals surface area contributed by atoms with Crippen LogP contribution < -0.4 is 9.62 Å². The van der Waals surface area contributed by atoms with Crippen molar-refractivity contribution in [3.8, 4) is 0 Å². The third kappa shape index (κ3) is 5.32. The number of anilines is 1. The summed E-state index contributed by atoms with van der Waals surface area (Å²) >= 11 is 0. The molecule has 1 atom stereocenters. The Labute approximate surface area is 162 Å². The maximum atomic E-state index is 12.7. The molecule has 27 heavy (non-hydrogen) atoms. The highest BCUT2D eigenvalue weighted by molar-refractivity contribution is 7.92. The van der Waals surface area contributed by atoms with Gasteiger partial charge in [0.2, 0.25) is 15.9 Å². The second kappa shape index (κ2) is 8.57. The van der Waals surface area contributed by atoms with Crippen molar-refractivity contribution < 1.29 is 13.2 Å². The molecule has 0 radical (unpaired) electrons. The molecule has 0 aliphatic carbocycles. The van der Waals surface area contributed by atoms with Crippen LogP contribution in [0.1, 0.15) is 41.6 Å². The van der Waals surface area contributed by atoms with Gasteiger partial charge < -0.3 is 5.32 Å². The first kappa shape index (κ1) is 21.0. The molecule has 0 fully saturated rings. The molecule has 0 heterocycles. The van der Waals surface area contributed by atoms with Gasteiger partial charge in [0.15, 0.2) is 0 Å². The van der Waals surface area contributed by atoms with Gasteiger partial charge in [-0.2, -0.15) is 0 Å². The van der Waals surface area contributed by atoms with Crippen LogP contribution in [0.15, 0.2) is 42.5 Å². The number of nitrogens with one attached hydrogen (secondary N) is 1. The van der Waals surface area contributed by atoms with E-state index >= 15 is 0 Å². The summed E-state index contributed by atoms with van der Waals surface area (Å²) in [5, 5.41) is 2.99. The van der Waals surface area contributed by atoms with Crippen LogP contribution >= 0.6 is 0 Å². The van der Waals surface area contributed by atoms with E-state index in [2.05, 4.69) is 11.4 Å². The van der Waals surface area contributed by atoms with Crippen molar-refractivity contribution in [2.75, 3.05) is 17.1 Å². The van der Waals surface area contributed by atoms with Gasteiger partial charge in [-0.05, 0) is 49.9 Å². The molecule has 2 aromatic rings. The Morgan fingerprint density at radius 3 is 2.30 bits per heavy atom. The lowest BCUT2D eigenvalue weighted by Crippen LogP contribution is -2.41. The van der Waals surface area contributed by atoms with Crippen LogP contribution in [0.5, 0.6) is 0 Å². The van der Waals surface area contributed by atoms with Gasteiger partial charge in [0.1, 0.15) is 6.54 Å². The summed E-state index contributed by atoms with van der Waals surface area (Å²) in [5.41, 5.74) is 4.66. The number of carbonyl (C=O) groups is 1. The molecule has 2 aromatic carbocycles. The molecule has 0 saturated heterocycles. The van der Waals surface area contributed by atoms with Gasteiger partial charge in [-0.25, -0.2) is 8.42 Å². The molecular formula is C21H28N2O3S. The highest BCUT2D eigenvalue weighted by Gasteiger charge is 2.24. The van der Waals surface area contributed by atoms with Crippen LogP contribution in [-0.4, -0.2) is 27.1 Å². The van der Waals surface area contributed by atoms with Gasteiger partial charge in [0.25, 0.3) is 0 Å². The maximum absolute atomic E-state index is 12.7. The molecule has 146 valence electrons. The lowest BCUT2D eigenvalue weighted by Gasteiger charge is -2.26. The Kier molecular flexibility index (Phi) is 6.65. The Balaban J connectivity index is 2.23. The first-order valence-electron chi connectivity index (χ1n) is 9.03. The Bertz CT molecular complexity index is 923. The molecule has 0 aromatic heterocycles. The van der Waals surface area contributed by atoms with Gasteiger partial charge >= 0.3 is 0 Å². The van der Waals surface area contributed by atoms with Crippen LogP contribution in [0.4, 0.5) is 5.69 Å². The number of hydrogen-bond acceptors (Lipinski definition) is 3. The second-order valence-corrected chi connectivity index (χ2v) is 8.85. The molecule has 0 bridgehead atoms. The third-order valence-electron chi connectivity index (χ3n) is 4.62. The zero-order valence-electron chi connectivity index (χ0n) is 16.6. The first-order chi connectivity index (χ1) is 12.6. The number of sulfonamides is 1. The molecule has 1 amide bonds. The smallest absolute Gasteiger partial charge is 0.241 e. The second-order valence-electron chi connectivity index (χ2n) is 6.94. The molecule has 2 rings (SSSR count). The lowest BCUT2D eigenvalue weighted by atomic mass is 9.97. The normalized spacial score (nSPS) is 12.5. The van der Waals surface area contributed by atoms with Gasteiger partial charge in [0.05, 0.1) is 18.0 Å². The number of rotatable bonds is 7. The van der Waals surface area contributed by atoms with E-state index in [0.29, 0.717) is 5.69 Å². The summed E-state index contributed by atoms with van der Waals surface area (Å²) in [6, 6.07) is 13.1. The van der Waals surface area contributed by atoms with Crippen molar-refractivity contribution in [2.45, 2.75) is 40.2 Å². The van der Waals surface area contributed by atoms with Crippen molar-refractivity contribution in [3.63, 3.8) is 0 Å². The fourth-order valence-corrected chi connectivity index (χ4v) is 4.12. The standard InChI is InChI=1S/C21H28N2O3S/c1-6-19(18-12-11-15(2)13-17(18)4)22-21(24)14-23(27(5,25)26)20-10-8-7-9-16(20)3/h7-13,19H,6,14H2,1-5H3,(H,22,24). The summed E-state index contributed by atoms with van der Waals surface area (Å²) < 4.78 is 25.7. The fraction of sp³-hybridized carbons (Fsp3) is 0.381. The predicted octanol–water partition coefficient (Wildman–Crippen LogP) is 3.65. The van der Waals surface area contributed by atoms with Crippen molar-refractivity contribution in [1.82, 2.24) is 5.32 Å². The van der Waals surface area contributed by atoms with Crippen molar-refractivity contribution in [1.29, 1.82) is 0 Å². The summed E-state index contributed by atoms with van der Waals surface area (Å²) in [7, 11) is -3.58. The Hall–Kier alpha value is -2.34. The largest absolute Gasteiger partial charge is 0.348 e. The summed E-state index contributed by atoms with van der Waals surface area (Å²) in [6.07, 6.45) is 1.84. The number of hydrogen-bond donors (Lipinski definition) is 1. The monoisotopic (exact) mass is 388 g/mol. The number of benzene rings is 2. The first-order valence-corrected chi connectivity index (χ1v) is 10.9. The molecule has 0 spiro atoms. The minimum absolute atomic E-state index is 0.156. The fourth-order valence-electron chi connectivity index (χ4n) is 3.21. The van der Waals surface area contributed by atoms with E-state index in [4.69, 9.17) is 0 Å². The van der Waals surface area contributed by atoms with E-state index in [0.717, 1.165) is 33.7 Å². The quantitative estimate of drug-likeness (QED) is 0.787. The Morgan fingerprint density at radius 1 is 1.07 bits per heavy atom. The highest BCUT2D eigenvalue weighted by Crippen LogP contribution is 2.24. The number of nitrogens with zero attached hydrogens (tertiary/aromatic N) is 1. The number of carbonyl (C=O) groups excluding carboxylic acids is 1. The molecule has 5 nitrogen and oxygen atoms in total. The van der Waals surface area contributed by atoms with E-state index in [9.17, 15) is 13.2 Å². The van der Waals surface area contributed by atoms with Crippen molar-refractivity contribution in [3.05, 3.63) is 64.7 Å². The van der Waals surface area contributed by atoms with Gasteiger partial charge in [0, 0.05) is 0 Å². The number of aryl methyl sites for hydroxylation is 3. The van der Waals surface area contributed by atoms with Crippen LogP contribution in [-0.2, 0) is 14.8 Å². The number of para-hydroxylation sites is 1. The van der Waals surface area contributed by atoms with E-state index < -0.39 is 10.0 Å². The molecule has 0 saturated carbocycles. The van der Waals surface area contributed by atoms with Gasteiger partial charge in [-0.3, -0.25) is 9.10 Å². The number of amides is 1. The topological polar surface area (TPSA) is 66.5 Å². The summed E-state index contributed by atoms with van der Waals surface area (Å²) in [5.74, 6) is -0.324. The van der Waals surface area contributed by atoms with Crippen LogP contribution in [0, 0.1) is 20.8 Å². The molecule has 0 aliphatic rings. The third-order valence-corrected chi connectivity index (χ3v) is 5.74. The summed E-state index contributed by atoms with van der Waals surface area (Å²) in [4.78, 5) is 12.7. The zero-order chi connectivity index (χ0) is 20.2. The minimum Gasteiger partial charge on any atom is -0.348 e. The molecule has 1 N–H and O–H groups in total. The van der Waals surface area contributed by atoms with E-state index in [1.807, 2.05) is 52.0 Å². The van der Waals surface area contributed by atoms with E-state index in [1.54, 1.807) is 12.1 Å². The predicted molar refractivity (Wildman–Crippen MR) is 110 cm³/mol. The zero-order valence-corrected chi connectivity index (χ0v) is 17.4. The molecule has 6 heteroatoms. The molecule has 0 aliphatic heterocycles. The van der Waals surface area contributed by atoms with E-state index in [1.165, 1.54) is 5.56 Å². The van der Waals surface area contributed by atoms with E-state index in [-0.39, 0.29) is 18.5 Å². The lowest BCUT2D eigenvalue weighted by molar-refractivity contribution is -0.120. The highest BCUT2D eigenvalue weighted by atomic mass is 32.2. The van der Waals surface area contributed by atoms with Gasteiger partial charge in [-0.15, -0.1) is 0 Å². The minimum atomic E-state index is -3.58.